The first-order chi connectivity index (χ1) is 10.1. The van der Waals surface area contributed by atoms with Crippen molar-refractivity contribution in [3.8, 4) is 0 Å². The van der Waals surface area contributed by atoms with Gasteiger partial charge in [0.1, 0.15) is 0 Å². The van der Waals surface area contributed by atoms with Gasteiger partial charge in [-0.05, 0) is 0 Å². The molecule has 0 fully saturated rings. The molecule has 21 heavy (non-hydrogen) atoms. The molecular formula is C17H14Br2NP. The average molecular weight is 423 g/mol. The van der Waals surface area contributed by atoms with Gasteiger partial charge in [-0.2, -0.15) is 0 Å². The van der Waals surface area contributed by atoms with Crippen LogP contribution in [0.25, 0.3) is 0 Å². The van der Waals surface area contributed by atoms with Crippen molar-refractivity contribution < 1.29 is 0 Å². The number of hydrogen-bond donors (Lipinski definition) is 0. The van der Waals surface area contributed by atoms with E-state index in [9.17, 15) is 0 Å². The predicted octanol–water partition coefficient (Wildman–Crippen LogP) is 4.53. The van der Waals surface area contributed by atoms with E-state index in [1.165, 1.54) is 15.9 Å². The van der Waals surface area contributed by atoms with Crippen molar-refractivity contribution >= 4 is 50.9 Å². The Hall–Kier alpha value is -1.02. The fourth-order valence-electron chi connectivity index (χ4n) is 2.43. The molecule has 0 N–H and O–H groups in total. The second-order valence-corrected chi connectivity index (χ2v) is 19.5. The van der Waals surface area contributed by atoms with Crippen molar-refractivity contribution in [3.63, 3.8) is 0 Å². The second-order valence-electron chi connectivity index (χ2n) is 4.78. The SMILES string of the molecule is BrP(Br)(c1ccccc1)(c1ccccc1)c1ccncc1. The summed E-state index contributed by atoms with van der Waals surface area (Å²) in [5.41, 5.74) is 0. The Kier molecular flexibility index (Phi) is 4.00. The minimum absolute atomic E-state index is 1.20. The van der Waals surface area contributed by atoms with E-state index in [0.29, 0.717) is 0 Å². The third-order valence-electron chi connectivity index (χ3n) is 3.54. The van der Waals surface area contributed by atoms with Crippen molar-refractivity contribution in [1.82, 2.24) is 4.98 Å². The summed E-state index contributed by atoms with van der Waals surface area (Å²) in [6, 6.07) is 25.2. The summed E-state index contributed by atoms with van der Waals surface area (Å²) in [5, 5.41) is 3.68. The molecule has 0 saturated carbocycles. The van der Waals surface area contributed by atoms with Crippen LogP contribution >= 0.6 is 35.0 Å². The number of rotatable bonds is 3. The third kappa shape index (κ3) is 2.48. The van der Waals surface area contributed by atoms with E-state index in [4.69, 9.17) is 0 Å². The van der Waals surface area contributed by atoms with Crippen LogP contribution in [0.3, 0.4) is 0 Å². The summed E-state index contributed by atoms with van der Waals surface area (Å²) in [7, 11) is 0. The Labute approximate surface area is 140 Å². The number of nitrogens with zero attached hydrogens (tertiary/aromatic N) is 1. The first kappa shape index (κ1) is 14.9. The summed E-state index contributed by atoms with van der Waals surface area (Å²) >= 11 is 8.27. The van der Waals surface area contributed by atoms with Crippen LogP contribution < -0.4 is 15.9 Å². The molecule has 3 rings (SSSR count). The molecule has 0 unspecified atom stereocenters. The van der Waals surface area contributed by atoms with Crippen LogP contribution in [0.15, 0.2) is 85.2 Å². The summed E-state index contributed by atoms with van der Waals surface area (Å²) in [5.74, 6) is 0. The Morgan fingerprint density at radius 3 is 1.38 bits per heavy atom. The molecule has 1 nitrogen and oxygen atoms in total. The van der Waals surface area contributed by atoms with Crippen molar-refractivity contribution in [2.24, 2.45) is 0 Å². The van der Waals surface area contributed by atoms with Gasteiger partial charge in [0.2, 0.25) is 0 Å². The van der Waals surface area contributed by atoms with Gasteiger partial charge in [0.05, 0.1) is 0 Å². The molecule has 1 heterocycles. The quantitative estimate of drug-likeness (QED) is 0.565. The maximum absolute atomic E-state index is 4.16. The molecule has 3 aromatic rings. The van der Waals surface area contributed by atoms with Gasteiger partial charge in [-0.3, -0.25) is 0 Å². The summed E-state index contributed by atoms with van der Waals surface area (Å²) in [6.45, 7) is 0. The van der Waals surface area contributed by atoms with Crippen molar-refractivity contribution in [1.29, 1.82) is 0 Å². The normalized spacial score (nSPS) is 13.3. The van der Waals surface area contributed by atoms with Gasteiger partial charge in [0.15, 0.2) is 0 Å². The zero-order valence-electron chi connectivity index (χ0n) is 11.2. The second kappa shape index (κ2) is 5.64. The van der Waals surface area contributed by atoms with Gasteiger partial charge in [-0.25, -0.2) is 0 Å². The summed E-state index contributed by atoms with van der Waals surface area (Å²) in [6.07, 6.45) is 3.68. The van der Waals surface area contributed by atoms with Gasteiger partial charge in [-0.15, -0.1) is 0 Å². The van der Waals surface area contributed by atoms with Crippen LogP contribution in [0.1, 0.15) is 0 Å². The van der Waals surface area contributed by atoms with E-state index in [-0.39, 0.29) is 0 Å². The number of aromatic nitrogens is 1. The van der Waals surface area contributed by atoms with E-state index >= 15 is 0 Å². The molecule has 0 spiro atoms. The Bertz CT molecular complexity index is 627. The summed E-state index contributed by atoms with van der Waals surface area (Å²) in [4.78, 5) is 4.16. The molecule has 0 aliphatic heterocycles. The van der Waals surface area contributed by atoms with E-state index in [1.807, 2.05) is 24.5 Å². The minimum atomic E-state index is -2.79. The Morgan fingerprint density at radius 1 is 0.571 bits per heavy atom. The third-order valence-corrected chi connectivity index (χ3v) is 14.5. The van der Waals surface area contributed by atoms with Gasteiger partial charge in [-0.1, -0.05) is 0 Å². The van der Waals surface area contributed by atoms with Crippen molar-refractivity contribution in [3.05, 3.63) is 85.2 Å². The number of benzene rings is 2. The molecular weight excluding hydrogens is 409 g/mol. The van der Waals surface area contributed by atoms with Crippen LogP contribution in [-0.2, 0) is 0 Å². The van der Waals surface area contributed by atoms with Crippen molar-refractivity contribution in [2.45, 2.75) is 0 Å². The molecule has 0 aliphatic carbocycles. The number of pyridine rings is 1. The predicted molar refractivity (Wildman–Crippen MR) is 101 cm³/mol. The van der Waals surface area contributed by atoms with E-state index < -0.39 is 4.01 Å². The van der Waals surface area contributed by atoms with Gasteiger partial charge < -0.3 is 0 Å². The van der Waals surface area contributed by atoms with Gasteiger partial charge in [0, 0.05) is 0 Å². The first-order valence-corrected chi connectivity index (χ1v) is 12.9. The van der Waals surface area contributed by atoms with Crippen molar-refractivity contribution in [2.75, 3.05) is 0 Å². The molecule has 0 amide bonds. The van der Waals surface area contributed by atoms with E-state index in [2.05, 4.69) is 96.6 Å². The number of halogens is 2. The molecule has 0 bridgehead atoms. The Balaban J connectivity index is 2.36. The van der Waals surface area contributed by atoms with Crippen LogP contribution in [0.5, 0.6) is 0 Å². The zero-order valence-corrected chi connectivity index (χ0v) is 15.3. The summed E-state index contributed by atoms with van der Waals surface area (Å²) < 4.78 is -2.79. The molecule has 0 radical (unpaired) electrons. The molecule has 0 saturated heterocycles. The first-order valence-electron chi connectivity index (χ1n) is 6.59. The van der Waals surface area contributed by atoms with Crippen LogP contribution in [0, 0.1) is 0 Å². The standard InChI is InChI=1S/C17H14Br2NP/c18-21(19,15-7-3-1-4-8-15,16-9-5-2-6-10-16)17-11-13-20-14-12-17/h1-14H. The topological polar surface area (TPSA) is 12.9 Å². The Morgan fingerprint density at radius 2 is 0.952 bits per heavy atom. The molecule has 0 atom stereocenters. The molecule has 0 aliphatic rings. The zero-order chi connectivity index (χ0) is 14.8. The molecule has 4 heteroatoms. The van der Waals surface area contributed by atoms with Crippen LogP contribution in [0.2, 0.25) is 0 Å². The van der Waals surface area contributed by atoms with Crippen LogP contribution in [0.4, 0.5) is 0 Å². The average Bonchev–Trinajstić information content (AvgIpc) is 2.57. The maximum atomic E-state index is 4.16. The monoisotopic (exact) mass is 421 g/mol. The fraction of sp³-hybridized carbons (Fsp3) is 0. The number of hydrogen-bond acceptors (Lipinski definition) is 1. The van der Waals surface area contributed by atoms with Crippen LogP contribution in [-0.4, -0.2) is 4.98 Å². The van der Waals surface area contributed by atoms with Gasteiger partial charge in [0.25, 0.3) is 0 Å². The van der Waals surface area contributed by atoms with E-state index in [0.717, 1.165) is 0 Å². The molecule has 106 valence electrons. The fourth-order valence-corrected chi connectivity index (χ4v) is 9.63. The van der Waals surface area contributed by atoms with Gasteiger partial charge >= 0.3 is 141 Å². The molecule has 1 aromatic heterocycles. The van der Waals surface area contributed by atoms with E-state index in [1.54, 1.807) is 0 Å². The molecule has 2 aromatic carbocycles.